The molecule has 1 aromatic rings. The van der Waals surface area contributed by atoms with Crippen LogP contribution in [-0.4, -0.2) is 28.4 Å². The van der Waals surface area contributed by atoms with Crippen molar-refractivity contribution in [3.8, 4) is 0 Å². The van der Waals surface area contributed by atoms with Crippen molar-refractivity contribution in [2.24, 2.45) is 0 Å². The number of hydrogen-bond acceptors (Lipinski definition) is 3. The third-order valence-corrected chi connectivity index (χ3v) is 3.72. The number of hydroxylamine groups is 2. The van der Waals surface area contributed by atoms with E-state index in [-0.39, 0.29) is 18.7 Å². The molecule has 1 fully saturated rings. The summed E-state index contributed by atoms with van der Waals surface area (Å²) in [5, 5.41) is 11.2. The van der Waals surface area contributed by atoms with Gasteiger partial charge in [-0.1, -0.05) is 12.1 Å². The van der Waals surface area contributed by atoms with E-state index in [9.17, 15) is 18.3 Å². The molecular formula is C15H20F3NO2. The van der Waals surface area contributed by atoms with Crippen molar-refractivity contribution in [2.75, 3.05) is 6.61 Å². The smallest absolute Gasteiger partial charge is 0.393 e. The van der Waals surface area contributed by atoms with Crippen LogP contribution >= 0.6 is 0 Å². The van der Waals surface area contributed by atoms with Crippen LogP contribution in [0.5, 0.6) is 0 Å². The van der Waals surface area contributed by atoms with Gasteiger partial charge in [-0.25, -0.2) is 0 Å². The number of alkyl halides is 3. The van der Waals surface area contributed by atoms with Gasteiger partial charge in [0.05, 0.1) is 18.2 Å². The van der Waals surface area contributed by atoms with Gasteiger partial charge in [-0.15, -0.1) is 0 Å². The molecule has 0 unspecified atom stereocenters. The maximum atomic E-state index is 12.6. The van der Waals surface area contributed by atoms with E-state index in [1.807, 2.05) is 13.8 Å². The third kappa shape index (κ3) is 3.39. The summed E-state index contributed by atoms with van der Waals surface area (Å²) in [5.74, 6) is 0. The molecule has 0 bridgehead atoms. The quantitative estimate of drug-likeness (QED) is 0.927. The fourth-order valence-electron chi connectivity index (χ4n) is 2.57. The van der Waals surface area contributed by atoms with Crippen LogP contribution in [-0.2, 0) is 11.0 Å². The number of benzene rings is 1. The predicted molar refractivity (Wildman–Crippen MR) is 72.4 cm³/mol. The lowest BCUT2D eigenvalue weighted by Crippen LogP contribution is -2.34. The predicted octanol–water partition coefficient (Wildman–Crippen LogP) is 3.54. The molecule has 2 atom stereocenters. The summed E-state index contributed by atoms with van der Waals surface area (Å²) in [7, 11) is 0. The number of rotatable bonds is 3. The zero-order chi connectivity index (χ0) is 15.8. The Morgan fingerprint density at radius 1 is 1.33 bits per heavy atom. The van der Waals surface area contributed by atoms with Crippen molar-refractivity contribution in [3.05, 3.63) is 35.4 Å². The molecule has 0 radical (unpaired) electrons. The number of aliphatic hydroxyl groups is 1. The standard InChI is InChI=1S/C15H20F3NO2/c1-10(2)19-13(8-14(3,9-20)21-19)11-4-6-12(7-5-11)15(16,17)18/h4-7,10,13,20H,8-9H2,1-3H3/t13-,14-/m0/s1. The highest BCUT2D eigenvalue weighted by atomic mass is 19.4. The van der Waals surface area contributed by atoms with E-state index in [1.165, 1.54) is 12.1 Å². The summed E-state index contributed by atoms with van der Waals surface area (Å²) in [6.45, 7) is 5.56. The number of nitrogens with zero attached hydrogens (tertiary/aromatic N) is 1. The van der Waals surface area contributed by atoms with E-state index in [1.54, 1.807) is 12.0 Å². The van der Waals surface area contributed by atoms with Crippen molar-refractivity contribution in [1.82, 2.24) is 5.06 Å². The van der Waals surface area contributed by atoms with Crippen LogP contribution in [0.1, 0.15) is 44.4 Å². The molecule has 2 rings (SSSR count). The fourth-order valence-corrected chi connectivity index (χ4v) is 2.57. The Morgan fingerprint density at radius 2 is 1.90 bits per heavy atom. The molecule has 1 N–H and O–H groups in total. The van der Waals surface area contributed by atoms with E-state index in [4.69, 9.17) is 4.84 Å². The van der Waals surface area contributed by atoms with E-state index in [0.29, 0.717) is 6.42 Å². The van der Waals surface area contributed by atoms with Crippen molar-refractivity contribution >= 4 is 0 Å². The monoisotopic (exact) mass is 303 g/mol. The highest BCUT2D eigenvalue weighted by molar-refractivity contribution is 5.27. The molecule has 0 saturated carbocycles. The summed E-state index contributed by atoms with van der Waals surface area (Å²) in [4.78, 5) is 5.79. The third-order valence-electron chi connectivity index (χ3n) is 3.72. The molecular weight excluding hydrogens is 283 g/mol. The van der Waals surface area contributed by atoms with E-state index in [0.717, 1.165) is 17.7 Å². The Balaban J connectivity index is 2.27. The van der Waals surface area contributed by atoms with Crippen molar-refractivity contribution in [1.29, 1.82) is 0 Å². The second-order valence-corrected chi connectivity index (χ2v) is 5.99. The van der Waals surface area contributed by atoms with Gasteiger partial charge in [0.25, 0.3) is 0 Å². The summed E-state index contributed by atoms with van der Waals surface area (Å²) < 4.78 is 37.8. The summed E-state index contributed by atoms with van der Waals surface area (Å²) >= 11 is 0. The lowest BCUT2D eigenvalue weighted by atomic mass is 9.93. The number of hydrogen-bond donors (Lipinski definition) is 1. The molecule has 0 spiro atoms. The van der Waals surface area contributed by atoms with Crippen LogP contribution in [0.3, 0.4) is 0 Å². The Labute approximate surface area is 122 Å². The summed E-state index contributed by atoms with van der Waals surface area (Å²) in [5.41, 5.74) is -0.600. The number of halogens is 3. The zero-order valence-electron chi connectivity index (χ0n) is 12.3. The SMILES string of the molecule is CC(C)N1O[C@](C)(CO)C[C@H]1c1ccc(C(F)(F)F)cc1. The van der Waals surface area contributed by atoms with Gasteiger partial charge in [0, 0.05) is 12.5 Å². The van der Waals surface area contributed by atoms with Crippen LogP contribution in [0.2, 0.25) is 0 Å². The molecule has 0 aliphatic carbocycles. The first-order chi connectivity index (χ1) is 9.66. The van der Waals surface area contributed by atoms with E-state index >= 15 is 0 Å². The topological polar surface area (TPSA) is 32.7 Å². The average molecular weight is 303 g/mol. The first-order valence-electron chi connectivity index (χ1n) is 6.92. The van der Waals surface area contributed by atoms with Crippen LogP contribution in [0.4, 0.5) is 13.2 Å². The Morgan fingerprint density at radius 3 is 2.33 bits per heavy atom. The molecule has 1 aliphatic rings. The largest absolute Gasteiger partial charge is 0.416 e. The first kappa shape index (κ1) is 16.3. The highest BCUT2D eigenvalue weighted by Crippen LogP contribution is 2.42. The van der Waals surface area contributed by atoms with Crippen LogP contribution in [0.15, 0.2) is 24.3 Å². The summed E-state index contributed by atoms with van der Waals surface area (Å²) in [6.07, 6.45) is -3.80. The highest BCUT2D eigenvalue weighted by Gasteiger charge is 2.44. The van der Waals surface area contributed by atoms with Crippen LogP contribution in [0.25, 0.3) is 0 Å². The maximum Gasteiger partial charge on any atom is 0.416 e. The minimum atomic E-state index is -4.33. The molecule has 1 saturated heterocycles. The van der Waals surface area contributed by atoms with Gasteiger partial charge in [-0.05, 0) is 38.5 Å². The van der Waals surface area contributed by atoms with Gasteiger partial charge in [-0.2, -0.15) is 18.2 Å². The van der Waals surface area contributed by atoms with E-state index in [2.05, 4.69) is 0 Å². The van der Waals surface area contributed by atoms with Gasteiger partial charge >= 0.3 is 6.18 Å². The molecule has 3 nitrogen and oxygen atoms in total. The second kappa shape index (κ2) is 5.59. The van der Waals surface area contributed by atoms with Crippen LogP contribution < -0.4 is 0 Å². The van der Waals surface area contributed by atoms with Gasteiger partial charge in [0.15, 0.2) is 0 Å². The van der Waals surface area contributed by atoms with Crippen LogP contribution in [0, 0.1) is 0 Å². The van der Waals surface area contributed by atoms with Gasteiger partial charge in [-0.3, -0.25) is 4.84 Å². The first-order valence-corrected chi connectivity index (χ1v) is 6.92. The molecule has 1 aliphatic heterocycles. The minimum absolute atomic E-state index is 0.0608. The Hall–Kier alpha value is -1.11. The summed E-state index contributed by atoms with van der Waals surface area (Å²) in [6, 6.07) is 5.03. The van der Waals surface area contributed by atoms with Gasteiger partial charge < -0.3 is 5.11 Å². The van der Waals surface area contributed by atoms with Crippen molar-refractivity contribution in [2.45, 2.75) is 51.1 Å². The molecule has 0 aromatic heterocycles. The van der Waals surface area contributed by atoms with Crippen molar-refractivity contribution in [3.63, 3.8) is 0 Å². The molecule has 21 heavy (non-hydrogen) atoms. The normalized spacial score (nSPS) is 27.5. The molecule has 1 aromatic carbocycles. The Kier molecular flexibility index (Phi) is 4.33. The molecule has 6 heteroatoms. The average Bonchev–Trinajstić information content (AvgIpc) is 2.77. The molecule has 1 heterocycles. The fraction of sp³-hybridized carbons (Fsp3) is 0.600. The Bertz CT molecular complexity index is 487. The van der Waals surface area contributed by atoms with Gasteiger partial charge in [0.1, 0.15) is 5.60 Å². The molecule has 118 valence electrons. The molecule has 0 amide bonds. The lowest BCUT2D eigenvalue weighted by Gasteiger charge is -2.28. The van der Waals surface area contributed by atoms with Crippen molar-refractivity contribution < 1.29 is 23.1 Å². The minimum Gasteiger partial charge on any atom is -0.393 e. The zero-order valence-corrected chi connectivity index (χ0v) is 12.3. The maximum absolute atomic E-state index is 12.6. The van der Waals surface area contributed by atoms with E-state index < -0.39 is 17.3 Å². The van der Waals surface area contributed by atoms with Gasteiger partial charge in [0.2, 0.25) is 0 Å². The second-order valence-electron chi connectivity index (χ2n) is 5.99. The number of aliphatic hydroxyl groups excluding tert-OH is 1. The lowest BCUT2D eigenvalue weighted by molar-refractivity contribution is -0.225.